The third-order valence-corrected chi connectivity index (χ3v) is 6.26. The molecule has 1 aliphatic heterocycles. The van der Waals surface area contributed by atoms with Crippen molar-refractivity contribution in [3.05, 3.63) is 53.9 Å². The van der Waals surface area contributed by atoms with Gasteiger partial charge in [-0.05, 0) is 55.2 Å². The third kappa shape index (κ3) is 3.31. The van der Waals surface area contributed by atoms with Crippen LogP contribution in [0.5, 0.6) is 0 Å². The first-order valence-electron chi connectivity index (χ1n) is 10.4. The Bertz CT molecular complexity index is 1010. The lowest BCUT2D eigenvalue weighted by atomic mass is 10.0. The van der Waals surface area contributed by atoms with Crippen molar-refractivity contribution in [1.29, 1.82) is 5.26 Å². The van der Waals surface area contributed by atoms with Crippen LogP contribution >= 0.6 is 0 Å². The molecule has 4 nitrogen and oxygen atoms in total. The summed E-state index contributed by atoms with van der Waals surface area (Å²) in [7, 11) is 0. The van der Waals surface area contributed by atoms with E-state index >= 15 is 0 Å². The fourth-order valence-corrected chi connectivity index (χ4v) is 4.40. The standard InChI is InChI=1S/C24H28N4/c1-4-17(3)27-13-12-24-26-22-14-20(19-8-6-18(15-25)7-9-19)10-11-23(22)28(24)16-21(27)5-2/h6-11,14,17,21H,4-5,12-13,16H2,1-3H3. The van der Waals surface area contributed by atoms with E-state index in [4.69, 9.17) is 10.2 Å². The van der Waals surface area contributed by atoms with E-state index in [-0.39, 0.29) is 0 Å². The summed E-state index contributed by atoms with van der Waals surface area (Å²) in [5.41, 5.74) is 5.27. The molecular weight excluding hydrogens is 344 g/mol. The zero-order valence-electron chi connectivity index (χ0n) is 17.0. The van der Waals surface area contributed by atoms with Crippen molar-refractivity contribution in [2.24, 2.45) is 0 Å². The Kier molecular flexibility index (Phi) is 5.19. The number of rotatable bonds is 4. The van der Waals surface area contributed by atoms with Crippen LogP contribution in [0.4, 0.5) is 0 Å². The van der Waals surface area contributed by atoms with Gasteiger partial charge in [-0.3, -0.25) is 4.90 Å². The molecule has 0 radical (unpaired) electrons. The lowest BCUT2D eigenvalue weighted by Crippen LogP contribution is -2.43. The van der Waals surface area contributed by atoms with E-state index in [1.54, 1.807) is 0 Å². The molecule has 144 valence electrons. The van der Waals surface area contributed by atoms with Crippen molar-refractivity contribution in [2.45, 2.75) is 58.7 Å². The van der Waals surface area contributed by atoms with E-state index in [0.29, 0.717) is 17.6 Å². The molecule has 4 rings (SSSR count). The van der Waals surface area contributed by atoms with Gasteiger partial charge in [0.25, 0.3) is 0 Å². The highest BCUT2D eigenvalue weighted by Crippen LogP contribution is 2.28. The summed E-state index contributed by atoms with van der Waals surface area (Å²) in [5.74, 6) is 1.20. The maximum absolute atomic E-state index is 9.00. The van der Waals surface area contributed by atoms with Gasteiger partial charge >= 0.3 is 0 Å². The number of hydrogen-bond donors (Lipinski definition) is 0. The van der Waals surface area contributed by atoms with Crippen LogP contribution in [0.3, 0.4) is 0 Å². The van der Waals surface area contributed by atoms with Gasteiger partial charge in [-0.2, -0.15) is 5.26 Å². The number of nitriles is 1. The van der Waals surface area contributed by atoms with Crippen molar-refractivity contribution < 1.29 is 0 Å². The van der Waals surface area contributed by atoms with Crippen LogP contribution in [-0.2, 0) is 13.0 Å². The molecule has 0 N–H and O–H groups in total. The van der Waals surface area contributed by atoms with Crippen molar-refractivity contribution >= 4 is 11.0 Å². The molecular formula is C24H28N4. The Balaban J connectivity index is 1.69. The minimum atomic E-state index is 0.562. The SMILES string of the molecule is CCC(C)N1CCc2nc3cc(-c4ccc(C#N)cc4)ccc3n2CC1CC. The minimum Gasteiger partial charge on any atom is -0.326 e. The summed E-state index contributed by atoms with van der Waals surface area (Å²) in [6.45, 7) is 9.02. The number of benzene rings is 2. The predicted molar refractivity (Wildman–Crippen MR) is 114 cm³/mol. The van der Waals surface area contributed by atoms with Gasteiger partial charge in [0.1, 0.15) is 5.82 Å². The quantitative estimate of drug-likeness (QED) is 0.647. The van der Waals surface area contributed by atoms with E-state index in [0.717, 1.165) is 42.6 Å². The van der Waals surface area contributed by atoms with Gasteiger partial charge in [-0.25, -0.2) is 4.98 Å². The van der Waals surface area contributed by atoms with Crippen LogP contribution in [0, 0.1) is 11.3 Å². The van der Waals surface area contributed by atoms with Crippen LogP contribution in [0.15, 0.2) is 42.5 Å². The van der Waals surface area contributed by atoms with Gasteiger partial charge < -0.3 is 4.57 Å². The normalized spacial score (nSPS) is 18.4. The van der Waals surface area contributed by atoms with E-state index in [1.807, 2.05) is 24.3 Å². The van der Waals surface area contributed by atoms with Gasteiger partial charge in [-0.1, -0.05) is 32.0 Å². The monoisotopic (exact) mass is 372 g/mol. The van der Waals surface area contributed by atoms with Crippen LogP contribution < -0.4 is 0 Å². The molecule has 0 aliphatic carbocycles. The second-order valence-corrected chi connectivity index (χ2v) is 7.84. The molecule has 2 atom stereocenters. The summed E-state index contributed by atoms with van der Waals surface area (Å²) in [5, 5.41) is 9.00. The average molecular weight is 373 g/mol. The molecule has 1 aromatic heterocycles. The van der Waals surface area contributed by atoms with Crippen molar-refractivity contribution in [2.75, 3.05) is 6.54 Å². The Morgan fingerprint density at radius 2 is 1.89 bits per heavy atom. The van der Waals surface area contributed by atoms with E-state index < -0.39 is 0 Å². The Labute approximate surface area is 167 Å². The third-order valence-electron chi connectivity index (χ3n) is 6.26. The highest BCUT2D eigenvalue weighted by atomic mass is 15.2. The molecule has 0 bridgehead atoms. The summed E-state index contributed by atoms with van der Waals surface area (Å²) in [4.78, 5) is 7.68. The summed E-state index contributed by atoms with van der Waals surface area (Å²) in [6.07, 6.45) is 3.35. The van der Waals surface area contributed by atoms with Crippen LogP contribution in [0.2, 0.25) is 0 Å². The Morgan fingerprint density at radius 3 is 2.57 bits per heavy atom. The van der Waals surface area contributed by atoms with Gasteiger partial charge in [0.15, 0.2) is 0 Å². The molecule has 2 aromatic carbocycles. The second kappa shape index (κ2) is 7.77. The smallest absolute Gasteiger partial charge is 0.111 e. The van der Waals surface area contributed by atoms with Crippen LogP contribution in [0.25, 0.3) is 22.2 Å². The Morgan fingerprint density at radius 1 is 1.14 bits per heavy atom. The number of nitrogens with zero attached hydrogens (tertiary/aromatic N) is 4. The molecule has 0 amide bonds. The molecule has 2 unspecified atom stereocenters. The first-order chi connectivity index (χ1) is 13.6. The highest BCUT2D eigenvalue weighted by molar-refractivity contribution is 5.82. The van der Waals surface area contributed by atoms with E-state index in [1.165, 1.54) is 17.8 Å². The molecule has 0 fully saturated rings. The maximum atomic E-state index is 9.00. The first-order valence-corrected chi connectivity index (χ1v) is 10.4. The number of aromatic nitrogens is 2. The average Bonchev–Trinajstić information content (AvgIpc) is 2.98. The van der Waals surface area contributed by atoms with Gasteiger partial charge in [0, 0.05) is 31.6 Å². The van der Waals surface area contributed by atoms with Gasteiger partial charge in [0.2, 0.25) is 0 Å². The fraction of sp³-hybridized carbons (Fsp3) is 0.417. The van der Waals surface area contributed by atoms with E-state index in [2.05, 4.69) is 54.5 Å². The fourth-order valence-electron chi connectivity index (χ4n) is 4.40. The lowest BCUT2D eigenvalue weighted by Gasteiger charge is -2.34. The lowest BCUT2D eigenvalue weighted by molar-refractivity contribution is 0.133. The summed E-state index contributed by atoms with van der Waals surface area (Å²) >= 11 is 0. The highest BCUT2D eigenvalue weighted by Gasteiger charge is 2.27. The molecule has 2 heterocycles. The zero-order valence-corrected chi connectivity index (χ0v) is 17.0. The minimum absolute atomic E-state index is 0.562. The van der Waals surface area contributed by atoms with Gasteiger partial charge in [-0.15, -0.1) is 0 Å². The largest absolute Gasteiger partial charge is 0.326 e. The number of hydrogen-bond acceptors (Lipinski definition) is 3. The molecule has 0 saturated carbocycles. The van der Waals surface area contributed by atoms with Crippen LogP contribution in [-0.4, -0.2) is 33.1 Å². The topological polar surface area (TPSA) is 44.9 Å². The van der Waals surface area contributed by atoms with E-state index in [9.17, 15) is 0 Å². The van der Waals surface area contributed by atoms with Crippen molar-refractivity contribution in [3.63, 3.8) is 0 Å². The second-order valence-electron chi connectivity index (χ2n) is 7.84. The molecule has 0 spiro atoms. The first kappa shape index (κ1) is 18.7. The molecule has 4 heteroatoms. The zero-order chi connectivity index (χ0) is 19.7. The summed E-state index contributed by atoms with van der Waals surface area (Å²) < 4.78 is 2.44. The number of imidazole rings is 1. The van der Waals surface area contributed by atoms with Gasteiger partial charge in [0.05, 0.1) is 22.7 Å². The van der Waals surface area contributed by atoms with Crippen molar-refractivity contribution in [1.82, 2.24) is 14.5 Å². The Hall–Kier alpha value is -2.64. The predicted octanol–water partition coefficient (Wildman–Crippen LogP) is 5.01. The maximum Gasteiger partial charge on any atom is 0.111 e. The summed E-state index contributed by atoms with van der Waals surface area (Å²) in [6, 6.07) is 17.7. The van der Waals surface area contributed by atoms with Crippen molar-refractivity contribution in [3.8, 4) is 17.2 Å². The molecule has 0 saturated heterocycles. The molecule has 28 heavy (non-hydrogen) atoms. The van der Waals surface area contributed by atoms with Crippen LogP contribution in [0.1, 0.15) is 45.0 Å². The molecule has 1 aliphatic rings. The number of fused-ring (bicyclic) bond motifs is 3. The molecule has 3 aromatic rings.